The van der Waals surface area contributed by atoms with Crippen molar-refractivity contribution in [1.29, 1.82) is 0 Å². The largest absolute Gasteiger partial charge is 0.489 e. The van der Waals surface area contributed by atoms with Gasteiger partial charge in [0.1, 0.15) is 11.7 Å². The summed E-state index contributed by atoms with van der Waals surface area (Å²) in [5, 5.41) is 16.4. The van der Waals surface area contributed by atoms with Crippen molar-refractivity contribution in [2.24, 2.45) is 5.92 Å². The number of nitro groups is 1. The van der Waals surface area contributed by atoms with Crippen molar-refractivity contribution >= 4 is 29.2 Å². The number of esters is 1. The van der Waals surface area contributed by atoms with Crippen molar-refractivity contribution < 1.29 is 33.5 Å². The van der Waals surface area contributed by atoms with Crippen LogP contribution in [0.3, 0.4) is 0 Å². The third kappa shape index (κ3) is 5.83. The van der Waals surface area contributed by atoms with E-state index in [2.05, 4.69) is 10.6 Å². The van der Waals surface area contributed by atoms with E-state index in [0.717, 1.165) is 25.7 Å². The molecule has 2 N–H and O–H groups in total. The van der Waals surface area contributed by atoms with Gasteiger partial charge in [-0.05, 0) is 18.8 Å². The Kier molecular flexibility index (Phi) is 7.27. The predicted molar refractivity (Wildman–Crippen MR) is 108 cm³/mol. The van der Waals surface area contributed by atoms with Gasteiger partial charge in [-0.25, -0.2) is 4.79 Å². The topological polar surface area (TPSA) is 146 Å². The van der Waals surface area contributed by atoms with E-state index in [1.165, 1.54) is 19.1 Å². The quantitative estimate of drug-likeness (QED) is 0.375. The Morgan fingerprint density at radius 1 is 1.16 bits per heavy atom. The third-order valence-corrected chi connectivity index (χ3v) is 5.17. The van der Waals surface area contributed by atoms with Crippen LogP contribution in [0.25, 0.3) is 0 Å². The standard InChI is InChI=1S/C20H25N3O8/c1-12(24)21-19(13-5-2-3-6-13)20(26)31-11-18(25)22-14-9-16-17(10-15(14)23(27)28)30-8-4-7-29-16/h9-10,13,19H,2-8,11H2,1H3,(H,21,24)(H,22,25). The Morgan fingerprint density at radius 3 is 2.42 bits per heavy atom. The summed E-state index contributed by atoms with van der Waals surface area (Å²) in [5.41, 5.74) is -0.462. The summed E-state index contributed by atoms with van der Waals surface area (Å²) in [6.45, 7) is 1.40. The SMILES string of the molecule is CC(=O)NC(C(=O)OCC(=O)Nc1cc2c(cc1[N+](=O)[O-])OCCCO2)C1CCCC1. The number of ether oxygens (including phenoxy) is 3. The first-order chi connectivity index (χ1) is 14.8. The lowest BCUT2D eigenvalue weighted by atomic mass is 9.98. The minimum absolute atomic E-state index is 0.0396. The molecule has 3 rings (SSSR count). The smallest absolute Gasteiger partial charge is 0.329 e. The molecule has 1 saturated carbocycles. The molecule has 2 aliphatic rings. The van der Waals surface area contributed by atoms with Gasteiger partial charge in [-0.15, -0.1) is 0 Å². The van der Waals surface area contributed by atoms with E-state index in [1.807, 2.05) is 0 Å². The fraction of sp³-hybridized carbons (Fsp3) is 0.550. The van der Waals surface area contributed by atoms with E-state index in [0.29, 0.717) is 19.6 Å². The zero-order valence-corrected chi connectivity index (χ0v) is 17.2. The molecule has 1 aromatic carbocycles. The lowest BCUT2D eigenvalue weighted by molar-refractivity contribution is -0.384. The summed E-state index contributed by atoms with van der Waals surface area (Å²) in [6.07, 6.45) is 4.12. The number of nitrogens with one attached hydrogen (secondary N) is 2. The molecular formula is C20H25N3O8. The van der Waals surface area contributed by atoms with Crippen molar-refractivity contribution in [2.75, 3.05) is 25.1 Å². The lowest BCUT2D eigenvalue weighted by Gasteiger charge is -2.22. The fourth-order valence-electron chi connectivity index (χ4n) is 3.74. The van der Waals surface area contributed by atoms with Crippen LogP contribution in [0.2, 0.25) is 0 Å². The molecule has 0 aromatic heterocycles. The average molecular weight is 435 g/mol. The second-order valence-corrected chi connectivity index (χ2v) is 7.50. The first-order valence-corrected chi connectivity index (χ1v) is 10.2. The minimum Gasteiger partial charge on any atom is -0.489 e. The first kappa shape index (κ1) is 22.3. The molecule has 168 valence electrons. The highest BCUT2D eigenvalue weighted by Crippen LogP contribution is 2.39. The molecule has 1 atom stereocenters. The number of carbonyl (C=O) groups is 3. The maximum Gasteiger partial charge on any atom is 0.329 e. The summed E-state index contributed by atoms with van der Waals surface area (Å²) in [5.74, 6) is -1.35. The normalized spacial score (nSPS) is 16.7. The molecule has 11 nitrogen and oxygen atoms in total. The highest BCUT2D eigenvalue weighted by molar-refractivity contribution is 5.96. The summed E-state index contributed by atoms with van der Waals surface area (Å²) < 4.78 is 16.0. The zero-order valence-electron chi connectivity index (χ0n) is 17.2. The number of hydrogen-bond acceptors (Lipinski definition) is 8. The van der Waals surface area contributed by atoms with Crippen LogP contribution in [0, 0.1) is 16.0 Å². The number of rotatable bonds is 7. The highest BCUT2D eigenvalue weighted by Gasteiger charge is 2.33. The Balaban J connectivity index is 1.65. The van der Waals surface area contributed by atoms with Crippen LogP contribution in [0.15, 0.2) is 12.1 Å². The summed E-state index contributed by atoms with van der Waals surface area (Å²) in [4.78, 5) is 47.0. The Hall–Kier alpha value is -3.37. The maximum absolute atomic E-state index is 12.5. The van der Waals surface area contributed by atoms with Gasteiger partial charge in [-0.2, -0.15) is 0 Å². The van der Waals surface area contributed by atoms with Crippen LogP contribution in [-0.4, -0.2) is 48.6 Å². The van der Waals surface area contributed by atoms with Crippen molar-refractivity contribution in [2.45, 2.75) is 45.1 Å². The van der Waals surface area contributed by atoms with Crippen LogP contribution in [0.1, 0.15) is 39.0 Å². The van der Waals surface area contributed by atoms with Crippen LogP contribution < -0.4 is 20.1 Å². The lowest BCUT2D eigenvalue weighted by Crippen LogP contribution is -2.46. The number of anilines is 1. The van der Waals surface area contributed by atoms with Gasteiger partial charge in [0.25, 0.3) is 11.6 Å². The molecule has 1 aromatic rings. The zero-order chi connectivity index (χ0) is 22.4. The Morgan fingerprint density at radius 2 is 1.81 bits per heavy atom. The van der Waals surface area contributed by atoms with Gasteiger partial charge in [0.15, 0.2) is 18.1 Å². The number of hydrogen-bond donors (Lipinski definition) is 2. The second-order valence-electron chi connectivity index (χ2n) is 7.50. The monoisotopic (exact) mass is 435 g/mol. The van der Waals surface area contributed by atoms with E-state index < -0.39 is 29.4 Å². The summed E-state index contributed by atoms with van der Waals surface area (Å²) >= 11 is 0. The highest BCUT2D eigenvalue weighted by atomic mass is 16.6. The van der Waals surface area contributed by atoms with E-state index in [1.54, 1.807) is 0 Å². The van der Waals surface area contributed by atoms with Crippen molar-refractivity contribution in [3.8, 4) is 11.5 Å². The molecule has 1 aliphatic carbocycles. The van der Waals surface area contributed by atoms with Crippen LogP contribution in [-0.2, 0) is 19.1 Å². The van der Waals surface area contributed by atoms with Gasteiger partial charge >= 0.3 is 5.97 Å². The molecule has 0 radical (unpaired) electrons. The van der Waals surface area contributed by atoms with Gasteiger partial charge in [0, 0.05) is 19.4 Å². The van der Waals surface area contributed by atoms with Gasteiger partial charge in [-0.3, -0.25) is 19.7 Å². The maximum atomic E-state index is 12.5. The number of carbonyl (C=O) groups excluding carboxylic acids is 3. The molecular weight excluding hydrogens is 410 g/mol. The molecule has 1 unspecified atom stereocenters. The first-order valence-electron chi connectivity index (χ1n) is 10.2. The fourth-order valence-corrected chi connectivity index (χ4v) is 3.74. The number of nitrogens with zero attached hydrogens (tertiary/aromatic N) is 1. The molecule has 1 fully saturated rings. The number of benzene rings is 1. The van der Waals surface area contributed by atoms with Gasteiger partial charge in [0.2, 0.25) is 5.91 Å². The van der Waals surface area contributed by atoms with E-state index >= 15 is 0 Å². The minimum atomic E-state index is -0.819. The second kappa shape index (κ2) is 10.1. The number of nitro benzene ring substituents is 1. The molecule has 31 heavy (non-hydrogen) atoms. The van der Waals surface area contributed by atoms with Crippen LogP contribution >= 0.6 is 0 Å². The molecule has 0 bridgehead atoms. The van der Waals surface area contributed by atoms with Gasteiger partial charge in [-0.1, -0.05) is 12.8 Å². The Labute approximate surface area is 178 Å². The molecule has 1 heterocycles. The van der Waals surface area contributed by atoms with Crippen LogP contribution in [0.4, 0.5) is 11.4 Å². The molecule has 0 spiro atoms. The third-order valence-electron chi connectivity index (χ3n) is 5.17. The number of amides is 2. The summed E-state index contributed by atoms with van der Waals surface area (Å²) in [7, 11) is 0. The molecule has 0 saturated heterocycles. The van der Waals surface area contributed by atoms with Crippen LogP contribution in [0.5, 0.6) is 11.5 Å². The van der Waals surface area contributed by atoms with E-state index in [4.69, 9.17) is 14.2 Å². The summed E-state index contributed by atoms with van der Waals surface area (Å²) in [6, 6.07) is 1.69. The van der Waals surface area contributed by atoms with E-state index in [-0.39, 0.29) is 34.7 Å². The average Bonchev–Trinajstić information content (AvgIpc) is 3.15. The van der Waals surface area contributed by atoms with Crippen molar-refractivity contribution in [1.82, 2.24) is 5.32 Å². The van der Waals surface area contributed by atoms with Crippen molar-refractivity contribution in [3.05, 3.63) is 22.2 Å². The van der Waals surface area contributed by atoms with Gasteiger partial charge < -0.3 is 24.8 Å². The van der Waals surface area contributed by atoms with Crippen molar-refractivity contribution in [3.63, 3.8) is 0 Å². The van der Waals surface area contributed by atoms with E-state index in [9.17, 15) is 24.5 Å². The number of fused-ring (bicyclic) bond motifs is 1. The molecule has 11 heteroatoms. The predicted octanol–water partition coefficient (Wildman–Crippen LogP) is 1.93. The molecule has 2 amide bonds. The molecule has 1 aliphatic heterocycles. The van der Waals surface area contributed by atoms with Gasteiger partial charge in [0.05, 0.1) is 24.2 Å². The Bertz CT molecular complexity index is 866.